The van der Waals surface area contributed by atoms with Gasteiger partial charge in [-0.05, 0) is 30.4 Å². The molecule has 1 aliphatic heterocycles. The molecule has 4 atom stereocenters. The number of carbonyl (C=O) groups is 3. The van der Waals surface area contributed by atoms with Crippen molar-refractivity contribution in [3.63, 3.8) is 0 Å². The molecule has 1 aromatic carbocycles. The van der Waals surface area contributed by atoms with Crippen molar-refractivity contribution in [3.05, 3.63) is 42.5 Å². The summed E-state index contributed by atoms with van der Waals surface area (Å²) in [4.78, 5) is 37.7. The Kier molecular flexibility index (Phi) is 2.73. The first-order valence-corrected chi connectivity index (χ1v) is 7.51. The fourth-order valence-electron chi connectivity index (χ4n) is 4.09. The van der Waals surface area contributed by atoms with Crippen LogP contribution in [0.5, 0.6) is 0 Å². The third-order valence-corrected chi connectivity index (χ3v) is 4.95. The lowest BCUT2D eigenvalue weighted by Gasteiger charge is -2.30. The summed E-state index contributed by atoms with van der Waals surface area (Å²) >= 11 is 0. The van der Waals surface area contributed by atoms with Crippen LogP contribution >= 0.6 is 0 Å². The van der Waals surface area contributed by atoms with E-state index in [9.17, 15) is 14.4 Å². The highest BCUT2D eigenvalue weighted by molar-refractivity contribution is 6.11. The Morgan fingerprint density at radius 3 is 2.09 bits per heavy atom. The van der Waals surface area contributed by atoms with Crippen LogP contribution < -0.4 is 5.01 Å². The molecule has 1 saturated heterocycles. The number of rotatable bonds is 2. The minimum atomic E-state index is -0.340. The number of imide groups is 1. The van der Waals surface area contributed by atoms with Gasteiger partial charge < -0.3 is 0 Å². The van der Waals surface area contributed by atoms with Crippen molar-refractivity contribution in [3.8, 4) is 0 Å². The predicted molar refractivity (Wildman–Crippen MR) is 79.2 cm³/mol. The topological polar surface area (TPSA) is 57.7 Å². The fraction of sp³-hybridized carbons (Fsp3) is 0.353. The number of anilines is 1. The number of amides is 3. The van der Waals surface area contributed by atoms with Gasteiger partial charge in [0.1, 0.15) is 0 Å². The number of hydrogen-bond donors (Lipinski definition) is 0. The highest BCUT2D eigenvalue weighted by Crippen LogP contribution is 2.52. The van der Waals surface area contributed by atoms with Crippen molar-refractivity contribution < 1.29 is 14.4 Å². The minimum absolute atomic E-state index is 0.140. The van der Waals surface area contributed by atoms with E-state index >= 15 is 0 Å². The van der Waals surface area contributed by atoms with Crippen molar-refractivity contribution in [1.29, 1.82) is 0 Å². The van der Waals surface area contributed by atoms with Gasteiger partial charge in [0.05, 0.1) is 17.5 Å². The molecular weight excluding hydrogens is 280 g/mol. The smallest absolute Gasteiger partial charge is 0.253 e. The summed E-state index contributed by atoms with van der Waals surface area (Å²) < 4.78 is 0. The quantitative estimate of drug-likeness (QED) is 0.617. The Morgan fingerprint density at radius 2 is 1.59 bits per heavy atom. The van der Waals surface area contributed by atoms with Crippen molar-refractivity contribution in [1.82, 2.24) is 5.01 Å². The van der Waals surface area contributed by atoms with E-state index in [1.165, 1.54) is 11.9 Å². The molecule has 1 heterocycles. The summed E-state index contributed by atoms with van der Waals surface area (Å²) in [5, 5.41) is 2.28. The van der Waals surface area contributed by atoms with Crippen LogP contribution in [0.4, 0.5) is 5.69 Å². The van der Waals surface area contributed by atoms with Gasteiger partial charge in [0.2, 0.25) is 5.91 Å². The first-order valence-electron chi connectivity index (χ1n) is 7.51. The lowest BCUT2D eigenvalue weighted by atomic mass is 9.85. The number of carbonyl (C=O) groups excluding carboxylic acids is 3. The van der Waals surface area contributed by atoms with E-state index in [-0.39, 0.29) is 41.4 Å². The molecule has 22 heavy (non-hydrogen) atoms. The first-order chi connectivity index (χ1) is 10.6. The lowest BCUT2D eigenvalue weighted by molar-refractivity contribution is -0.145. The van der Waals surface area contributed by atoms with Crippen molar-refractivity contribution in [2.75, 3.05) is 5.01 Å². The Hall–Kier alpha value is -2.43. The summed E-state index contributed by atoms with van der Waals surface area (Å²) in [6.45, 7) is 1.37. The maximum absolute atomic E-state index is 12.8. The van der Waals surface area contributed by atoms with E-state index in [4.69, 9.17) is 0 Å². The highest BCUT2D eigenvalue weighted by atomic mass is 16.2. The van der Waals surface area contributed by atoms with E-state index in [1.807, 2.05) is 18.2 Å². The van der Waals surface area contributed by atoms with E-state index in [1.54, 1.807) is 24.3 Å². The van der Waals surface area contributed by atoms with E-state index in [2.05, 4.69) is 0 Å². The van der Waals surface area contributed by atoms with Crippen molar-refractivity contribution in [2.24, 2.45) is 23.7 Å². The second-order valence-corrected chi connectivity index (χ2v) is 6.15. The predicted octanol–water partition coefficient (Wildman–Crippen LogP) is 1.76. The van der Waals surface area contributed by atoms with Gasteiger partial charge in [0.25, 0.3) is 11.8 Å². The Bertz CT molecular complexity index is 667. The van der Waals surface area contributed by atoms with Crippen LogP contribution in [0.1, 0.15) is 13.3 Å². The highest BCUT2D eigenvalue weighted by Gasteiger charge is 2.61. The Labute approximate surface area is 128 Å². The molecule has 2 aliphatic carbocycles. The monoisotopic (exact) mass is 296 g/mol. The van der Waals surface area contributed by atoms with Crippen LogP contribution in [-0.4, -0.2) is 22.7 Å². The zero-order valence-corrected chi connectivity index (χ0v) is 12.2. The largest absolute Gasteiger partial charge is 0.273 e. The van der Waals surface area contributed by atoms with Gasteiger partial charge in [-0.15, -0.1) is 0 Å². The molecule has 0 spiro atoms. The van der Waals surface area contributed by atoms with Crippen molar-refractivity contribution in [2.45, 2.75) is 13.3 Å². The van der Waals surface area contributed by atoms with Gasteiger partial charge in [-0.3, -0.25) is 14.4 Å². The molecule has 0 N–H and O–H groups in total. The standard InChI is InChI=1S/C17H16N2O3/c1-10(20)18(13-5-3-2-4-6-13)19-16(21)14-11-7-8-12(9-11)15(14)17(19)22/h2-8,11-12,14-15H,9H2,1H3/t11-,12-,14-,15-/m0/s1. The second kappa shape index (κ2) is 4.53. The average molecular weight is 296 g/mol. The number of fused-ring (bicyclic) bond motifs is 5. The molecule has 3 amide bonds. The van der Waals surface area contributed by atoms with Gasteiger partial charge in [0.15, 0.2) is 0 Å². The summed E-state index contributed by atoms with van der Waals surface area (Å²) in [5.41, 5.74) is 0.539. The third kappa shape index (κ3) is 1.62. The summed E-state index contributed by atoms with van der Waals surface area (Å²) in [7, 11) is 0. The molecule has 0 radical (unpaired) electrons. The zero-order chi connectivity index (χ0) is 15.4. The maximum atomic E-state index is 12.8. The number of hydrazine groups is 1. The lowest BCUT2D eigenvalue weighted by Crippen LogP contribution is -2.50. The van der Waals surface area contributed by atoms with Crippen LogP contribution in [0.25, 0.3) is 0 Å². The van der Waals surface area contributed by atoms with Crippen LogP contribution in [0, 0.1) is 23.7 Å². The maximum Gasteiger partial charge on any atom is 0.253 e. The Balaban J connectivity index is 1.74. The molecule has 0 unspecified atom stereocenters. The van der Waals surface area contributed by atoms with Crippen LogP contribution in [-0.2, 0) is 14.4 Å². The molecular formula is C17H16N2O3. The molecule has 1 aromatic rings. The summed E-state index contributed by atoms with van der Waals surface area (Å²) in [6.07, 6.45) is 4.97. The van der Waals surface area contributed by atoms with Gasteiger partial charge in [-0.1, -0.05) is 30.4 Å². The second-order valence-electron chi connectivity index (χ2n) is 6.15. The van der Waals surface area contributed by atoms with Crippen LogP contribution in [0.2, 0.25) is 0 Å². The van der Waals surface area contributed by atoms with Gasteiger partial charge in [-0.2, -0.15) is 5.01 Å². The fourth-order valence-corrected chi connectivity index (χ4v) is 4.09. The van der Waals surface area contributed by atoms with E-state index in [0.717, 1.165) is 11.4 Å². The number of hydrogen-bond acceptors (Lipinski definition) is 3. The first kappa shape index (κ1) is 13.2. The van der Waals surface area contributed by atoms with Crippen LogP contribution in [0.3, 0.4) is 0 Å². The van der Waals surface area contributed by atoms with Crippen LogP contribution in [0.15, 0.2) is 42.5 Å². The summed E-state index contributed by atoms with van der Waals surface area (Å²) in [6, 6.07) is 8.84. The molecule has 1 saturated carbocycles. The Morgan fingerprint density at radius 1 is 1.05 bits per heavy atom. The number of nitrogens with zero attached hydrogens (tertiary/aromatic N) is 2. The van der Waals surface area contributed by atoms with Gasteiger partial charge in [0, 0.05) is 6.92 Å². The molecule has 4 rings (SSSR count). The molecule has 2 fully saturated rings. The minimum Gasteiger partial charge on any atom is -0.273 e. The molecule has 5 heteroatoms. The number of allylic oxidation sites excluding steroid dienone is 2. The molecule has 5 nitrogen and oxygen atoms in total. The number of benzene rings is 1. The zero-order valence-electron chi connectivity index (χ0n) is 12.2. The average Bonchev–Trinajstić information content (AvgIpc) is 3.18. The SMILES string of the molecule is CC(=O)N(c1ccccc1)N1C(=O)[C@@H]2[C@@H](C1=O)[C@H]1C=C[C@H]2C1. The summed E-state index contributed by atoms with van der Waals surface area (Å²) in [5.74, 6) is -1.15. The van der Waals surface area contributed by atoms with E-state index < -0.39 is 0 Å². The molecule has 3 aliphatic rings. The molecule has 0 aromatic heterocycles. The third-order valence-electron chi connectivity index (χ3n) is 4.95. The van der Waals surface area contributed by atoms with E-state index in [0.29, 0.717) is 5.69 Å². The molecule has 2 bridgehead atoms. The van der Waals surface area contributed by atoms with Gasteiger partial charge in [-0.25, -0.2) is 5.01 Å². The number of para-hydroxylation sites is 1. The van der Waals surface area contributed by atoms with Gasteiger partial charge >= 0.3 is 0 Å². The molecule has 112 valence electrons. The normalized spacial score (nSPS) is 31.8. The van der Waals surface area contributed by atoms with Crippen molar-refractivity contribution >= 4 is 23.4 Å².